The molecule has 0 radical (unpaired) electrons. The Kier molecular flexibility index (Phi) is 5.44. The molecule has 1 atom stereocenters. The van der Waals surface area contributed by atoms with Crippen molar-refractivity contribution in [3.8, 4) is 0 Å². The van der Waals surface area contributed by atoms with Gasteiger partial charge in [0, 0.05) is 20.2 Å². The first-order valence-corrected chi connectivity index (χ1v) is 7.48. The topological polar surface area (TPSA) is 64.8 Å². The van der Waals surface area contributed by atoms with Gasteiger partial charge in [0.25, 0.3) is 0 Å². The summed E-state index contributed by atoms with van der Waals surface area (Å²) in [7, 11) is 2.00. The van der Waals surface area contributed by atoms with E-state index >= 15 is 0 Å². The minimum atomic E-state index is -0.369. The lowest BCUT2D eigenvalue weighted by Gasteiger charge is -2.29. The van der Waals surface area contributed by atoms with Crippen LogP contribution in [0.2, 0.25) is 0 Å². The quantitative estimate of drug-likeness (QED) is 0.666. The molecule has 2 N–H and O–H groups in total. The van der Waals surface area contributed by atoms with Crippen LogP contribution < -0.4 is 10.6 Å². The Balaban J connectivity index is 2.11. The number of carbonyl (C=O) groups is 1. The van der Waals surface area contributed by atoms with Gasteiger partial charge >= 0.3 is 5.97 Å². The molecule has 1 fully saturated rings. The predicted molar refractivity (Wildman–Crippen MR) is 83.6 cm³/mol. The van der Waals surface area contributed by atoms with Gasteiger partial charge < -0.3 is 20.1 Å². The van der Waals surface area contributed by atoms with E-state index in [9.17, 15) is 4.79 Å². The van der Waals surface area contributed by atoms with Crippen LogP contribution in [0.1, 0.15) is 30.1 Å². The van der Waals surface area contributed by atoms with Gasteiger partial charge in [0.15, 0.2) is 0 Å². The molecular formula is C16H24N2O3. The van der Waals surface area contributed by atoms with Gasteiger partial charge in [-0.25, -0.2) is 4.79 Å². The molecule has 0 saturated carbocycles. The molecule has 0 bridgehead atoms. The summed E-state index contributed by atoms with van der Waals surface area (Å²) in [5.74, 6) is 0.139. The van der Waals surface area contributed by atoms with E-state index in [1.165, 1.54) is 6.42 Å². The van der Waals surface area contributed by atoms with Crippen molar-refractivity contribution >= 4 is 17.3 Å². The largest absolute Gasteiger partial charge is 0.462 e. The van der Waals surface area contributed by atoms with E-state index in [-0.39, 0.29) is 5.97 Å². The summed E-state index contributed by atoms with van der Waals surface area (Å²) < 4.78 is 10.5. The first-order chi connectivity index (χ1) is 10.1. The number of ether oxygens (including phenoxy) is 2. The number of para-hydroxylation sites is 1. The van der Waals surface area contributed by atoms with Crippen LogP contribution in [0.4, 0.5) is 11.4 Å². The Hall–Kier alpha value is -1.75. The summed E-state index contributed by atoms with van der Waals surface area (Å²) in [4.78, 5) is 14.0. The number of rotatable bonds is 5. The third kappa shape index (κ3) is 3.88. The van der Waals surface area contributed by atoms with Gasteiger partial charge in [0.2, 0.25) is 0 Å². The van der Waals surface area contributed by atoms with Crippen molar-refractivity contribution in [3.05, 3.63) is 23.8 Å². The van der Waals surface area contributed by atoms with Crippen molar-refractivity contribution in [1.29, 1.82) is 0 Å². The summed E-state index contributed by atoms with van der Waals surface area (Å²) in [6.07, 6.45) is 2.28. The van der Waals surface area contributed by atoms with E-state index in [4.69, 9.17) is 15.2 Å². The van der Waals surface area contributed by atoms with E-state index in [1.54, 1.807) is 13.0 Å². The van der Waals surface area contributed by atoms with E-state index in [1.807, 2.05) is 19.2 Å². The standard InChI is InChI=1S/C16H24N2O3/c1-3-21-16(19)13-7-4-8-14(15(13)17)18(2)10-12-6-5-9-20-11-12/h4,7-8,12H,3,5-6,9-11,17H2,1-2H3. The number of nitrogens with two attached hydrogens (primary N) is 1. The van der Waals surface area contributed by atoms with Gasteiger partial charge in [0.05, 0.1) is 30.2 Å². The summed E-state index contributed by atoms with van der Waals surface area (Å²) >= 11 is 0. The molecule has 116 valence electrons. The molecule has 1 saturated heterocycles. The van der Waals surface area contributed by atoms with Crippen LogP contribution in [0.25, 0.3) is 0 Å². The van der Waals surface area contributed by atoms with Crippen LogP contribution in [0, 0.1) is 5.92 Å². The van der Waals surface area contributed by atoms with Crippen LogP contribution in [-0.4, -0.2) is 39.4 Å². The van der Waals surface area contributed by atoms with Crippen molar-refractivity contribution in [2.45, 2.75) is 19.8 Å². The summed E-state index contributed by atoms with van der Waals surface area (Å²) in [5.41, 5.74) is 7.93. The van der Waals surface area contributed by atoms with E-state index < -0.39 is 0 Å². The molecule has 1 unspecified atom stereocenters. The molecule has 0 amide bonds. The molecule has 0 aromatic heterocycles. The highest BCUT2D eigenvalue weighted by Crippen LogP contribution is 2.28. The monoisotopic (exact) mass is 292 g/mol. The molecule has 1 aromatic rings. The van der Waals surface area contributed by atoms with Gasteiger partial charge in [-0.05, 0) is 37.8 Å². The van der Waals surface area contributed by atoms with Crippen molar-refractivity contribution in [2.24, 2.45) is 5.92 Å². The lowest BCUT2D eigenvalue weighted by molar-refractivity contribution is 0.0527. The van der Waals surface area contributed by atoms with Crippen LogP contribution >= 0.6 is 0 Å². The average molecular weight is 292 g/mol. The molecule has 0 aliphatic carbocycles. The second-order valence-electron chi connectivity index (χ2n) is 5.42. The fraction of sp³-hybridized carbons (Fsp3) is 0.562. The zero-order chi connectivity index (χ0) is 15.2. The third-order valence-corrected chi connectivity index (χ3v) is 3.78. The molecule has 1 aliphatic rings. The molecule has 5 heteroatoms. The fourth-order valence-corrected chi connectivity index (χ4v) is 2.71. The zero-order valence-electron chi connectivity index (χ0n) is 12.8. The molecule has 0 spiro atoms. The number of hydrogen-bond donors (Lipinski definition) is 1. The number of esters is 1. The Labute approximate surface area is 126 Å². The summed E-state index contributed by atoms with van der Waals surface area (Å²) in [6, 6.07) is 5.47. The van der Waals surface area contributed by atoms with E-state index in [0.29, 0.717) is 23.8 Å². The molecule has 1 aromatic carbocycles. The van der Waals surface area contributed by atoms with E-state index in [0.717, 1.165) is 31.9 Å². The SMILES string of the molecule is CCOC(=O)c1cccc(N(C)CC2CCCOC2)c1N. The van der Waals surface area contributed by atoms with Crippen molar-refractivity contribution < 1.29 is 14.3 Å². The highest BCUT2D eigenvalue weighted by Gasteiger charge is 2.19. The fourth-order valence-electron chi connectivity index (χ4n) is 2.71. The van der Waals surface area contributed by atoms with E-state index in [2.05, 4.69) is 4.90 Å². The first-order valence-electron chi connectivity index (χ1n) is 7.48. The number of carbonyl (C=O) groups excluding carboxylic acids is 1. The summed E-state index contributed by atoms with van der Waals surface area (Å²) in [5, 5.41) is 0. The highest BCUT2D eigenvalue weighted by molar-refractivity contribution is 5.98. The van der Waals surface area contributed by atoms with Gasteiger partial charge in [-0.2, -0.15) is 0 Å². The molecule has 21 heavy (non-hydrogen) atoms. The Morgan fingerprint density at radius 3 is 3.00 bits per heavy atom. The van der Waals surface area contributed by atoms with Gasteiger partial charge in [-0.15, -0.1) is 0 Å². The maximum atomic E-state index is 11.9. The molecule has 2 rings (SSSR count). The van der Waals surface area contributed by atoms with Crippen LogP contribution in [-0.2, 0) is 9.47 Å². The number of hydrogen-bond acceptors (Lipinski definition) is 5. The van der Waals surface area contributed by atoms with Gasteiger partial charge in [-0.1, -0.05) is 6.07 Å². The second-order valence-corrected chi connectivity index (χ2v) is 5.42. The molecule has 5 nitrogen and oxygen atoms in total. The van der Waals surface area contributed by atoms with Crippen LogP contribution in [0.5, 0.6) is 0 Å². The first kappa shape index (κ1) is 15.6. The predicted octanol–water partition coefficient (Wildman–Crippen LogP) is 2.31. The number of nitrogens with zero attached hydrogens (tertiary/aromatic N) is 1. The lowest BCUT2D eigenvalue weighted by Crippen LogP contribution is -2.31. The maximum absolute atomic E-state index is 11.9. The highest BCUT2D eigenvalue weighted by atomic mass is 16.5. The number of benzene rings is 1. The minimum Gasteiger partial charge on any atom is -0.462 e. The zero-order valence-corrected chi connectivity index (χ0v) is 12.8. The van der Waals surface area contributed by atoms with Crippen LogP contribution in [0.15, 0.2) is 18.2 Å². The minimum absolute atomic E-state index is 0.345. The van der Waals surface area contributed by atoms with Crippen molar-refractivity contribution in [3.63, 3.8) is 0 Å². The van der Waals surface area contributed by atoms with Gasteiger partial charge in [0.1, 0.15) is 0 Å². The maximum Gasteiger partial charge on any atom is 0.340 e. The number of anilines is 2. The van der Waals surface area contributed by atoms with Crippen LogP contribution in [0.3, 0.4) is 0 Å². The molecule has 1 heterocycles. The van der Waals surface area contributed by atoms with Crippen molar-refractivity contribution in [2.75, 3.05) is 44.0 Å². The average Bonchev–Trinajstić information content (AvgIpc) is 2.48. The Morgan fingerprint density at radius 2 is 2.33 bits per heavy atom. The number of nitrogen functional groups attached to an aromatic ring is 1. The smallest absolute Gasteiger partial charge is 0.340 e. The third-order valence-electron chi connectivity index (χ3n) is 3.78. The second kappa shape index (κ2) is 7.31. The normalized spacial score (nSPS) is 18.3. The molecular weight excluding hydrogens is 268 g/mol. The molecule has 1 aliphatic heterocycles. The summed E-state index contributed by atoms with van der Waals surface area (Å²) in [6.45, 7) is 4.66. The Bertz CT molecular complexity index is 484. The lowest BCUT2D eigenvalue weighted by atomic mass is 10.0. The van der Waals surface area contributed by atoms with Crippen molar-refractivity contribution in [1.82, 2.24) is 0 Å². The Morgan fingerprint density at radius 1 is 1.52 bits per heavy atom. The van der Waals surface area contributed by atoms with Gasteiger partial charge in [-0.3, -0.25) is 0 Å².